The summed E-state index contributed by atoms with van der Waals surface area (Å²) in [6.45, 7) is 13.8. The summed E-state index contributed by atoms with van der Waals surface area (Å²) >= 11 is 0. The van der Waals surface area contributed by atoms with Crippen LogP contribution in [-0.4, -0.2) is 51.2 Å². The second kappa shape index (κ2) is 12.2. The maximum absolute atomic E-state index is 10.7. The summed E-state index contributed by atoms with van der Waals surface area (Å²) in [6.07, 6.45) is 0.493. The van der Waals surface area contributed by atoms with Gasteiger partial charge in [-0.3, -0.25) is 4.90 Å². The molecule has 3 aromatic rings. The first-order chi connectivity index (χ1) is 16.3. The number of hydrogen-bond donors (Lipinski definition) is 1. The second-order valence-electron chi connectivity index (χ2n) is 9.26. The van der Waals surface area contributed by atoms with Gasteiger partial charge in [-0.05, 0) is 70.9 Å². The summed E-state index contributed by atoms with van der Waals surface area (Å²) in [5.74, 6) is 1.48. The van der Waals surface area contributed by atoms with Crippen LogP contribution in [0.1, 0.15) is 50.9 Å². The highest BCUT2D eigenvalue weighted by molar-refractivity contribution is 5.43. The average molecular weight is 466 g/mol. The largest absolute Gasteiger partial charge is 0.439 e. The molecule has 0 aliphatic heterocycles. The third-order valence-corrected chi connectivity index (χ3v) is 5.98. The van der Waals surface area contributed by atoms with Gasteiger partial charge in [-0.1, -0.05) is 37.3 Å². The highest BCUT2D eigenvalue weighted by Gasteiger charge is 2.25. The number of aliphatic hydroxyl groups is 1. The first kappa shape index (κ1) is 25.9. The number of aromatic nitrogens is 2. The zero-order valence-electron chi connectivity index (χ0n) is 21.4. The van der Waals surface area contributed by atoms with Crippen molar-refractivity contribution in [2.24, 2.45) is 0 Å². The number of para-hydroxylation sites is 1. The fourth-order valence-corrected chi connectivity index (χ4v) is 3.85. The van der Waals surface area contributed by atoms with Gasteiger partial charge in [0.25, 0.3) is 0 Å². The Balaban J connectivity index is 1.96. The van der Waals surface area contributed by atoms with Crippen molar-refractivity contribution in [3.8, 4) is 17.3 Å². The SMILES string of the molecule is CC[C@H](C)N(Cc1c(C)nn(-c2ccccc2)c1Oc1cccc(C)c1)C[C@@H](O)COC(C)C. The molecule has 184 valence electrons. The van der Waals surface area contributed by atoms with Gasteiger partial charge in [0.15, 0.2) is 0 Å². The Hall–Kier alpha value is -2.67. The smallest absolute Gasteiger partial charge is 0.227 e. The van der Waals surface area contributed by atoms with Crippen LogP contribution in [0.5, 0.6) is 11.6 Å². The molecule has 1 aromatic heterocycles. The van der Waals surface area contributed by atoms with Crippen molar-refractivity contribution in [3.63, 3.8) is 0 Å². The Kier molecular flexibility index (Phi) is 9.28. The van der Waals surface area contributed by atoms with Crippen molar-refractivity contribution in [3.05, 3.63) is 71.4 Å². The van der Waals surface area contributed by atoms with E-state index in [1.807, 2.05) is 74.0 Å². The summed E-state index contributed by atoms with van der Waals surface area (Å²) in [6, 6.07) is 18.4. The number of aryl methyl sites for hydroxylation is 2. The van der Waals surface area contributed by atoms with Gasteiger partial charge in [-0.2, -0.15) is 5.10 Å². The highest BCUT2D eigenvalue weighted by atomic mass is 16.5. The number of rotatable bonds is 12. The van der Waals surface area contributed by atoms with E-state index < -0.39 is 6.10 Å². The molecule has 0 fully saturated rings. The third kappa shape index (κ3) is 6.92. The van der Waals surface area contributed by atoms with E-state index in [4.69, 9.17) is 14.6 Å². The summed E-state index contributed by atoms with van der Waals surface area (Å²) in [7, 11) is 0. The van der Waals surface area contributed by atoms with Crippen LogP contribution in [0.3, 0.4) is 0 Å². The number of benzene rings is 2. The topological polar surface area (TPSA) is 59.8 Å². The molecule has 3 rings (SSSR count). The Bertz CT molecular complexity index is 1030. The summed E-state index contributed by atoms with van der Waals surface area (Å²) in [5, 5.41) is 15.5. The van der Waals surface area contributed by atoms with Crippen LogP contribution in [0.4, 0.5) is 0 Å². The first-order valence-corrected chi connectivity index (χ1v) is 12.2. The third-order valence-electron chi connectivity index (χ3n) is 5.98. The molecule has 0 aliphatic rings. The van der Waals surface area contributed by atoms with Gasteiger partial charge in [0.1, 0.15) is 5.75 Å². The van der Waals surface area contributed by atoms with Crippen LogP contribution in [0.15, 0.2) is 54.6 Å². The number of aliphatic hydroxyl groups excluding tert-OH is 1. The lowest BCUT2D eigenvalue weighted by atomic mass is 10.1. The molecular formula is C28H39N3O3. The average Bonchev–Trinajstić information content (AvgIpc) is 3.12. The van der Waals surface area contributed by atoms with Gasteiger partial charge < -0.3 is 14.6 Å². The number of ether oxygens (including phenoxy) is 2. The van der Waals surface area contributed by atoms with Crippen LogP contribution in [-0.2, 0) is 11.3 Å². The number of hydrogen-bond acceptors (Lipinski definition) is 5. The molecule has 0 aliphatic carbocycles. The fourth-order valence-electron chi connectivity index (χ4n) is 3.85. The van der Waals surface area contributed by atoms with Crippen LogP contribution >= 0.6 is 0 Å². The van der Waals surface area contributed by atoms with Gasteiger partial charge >= 0.3 is 0 Å². The van der Waals surface area contributed by atoms with E-state index in [2.05, 4.69) is 31.7 Å². The first-order valence-electron chi connectivity index (χ1n) is 12.2. The standard InChI is InChI=1S/C28H39N3O3/c1-7-22(5)30(17-25(32)19-33-20(2)3)18-27-23(6)29-31(24-13-9-8-10-14-24)28(27)34-26-15-11-12-21(4)16-26/h8-16,20,22,25,32H,7,17-19H2,1-6H3/t22-,25+/m0/s1. The quantitative estimate of drug-likeness (QED) is 0.374. The molecule has 2 aromatic carbocycles. The molecule has 0 unspecified atom stereocenters. The van der Waals surface area contributed by atoms with Crippen LogP contribution < -0.4 is 4.74 Å². The van der Waals surface area contributed by atoms with Crippen LogP contribution in [0.2, 0.25) is 0 Å². The Morgan fingerprint density at radius 3 is 2.41 bits per heavy atom. The molecule has 0 amide bonds. The van der Waals surface area contributed by atoms with Crippen molar-refractivity contribution in [2.75, 3.05) is 13.2 Å². The number of nitrogens with zero attached hydrogens (tertiary/aromatic N) is 3. The molecule has 0 saturated carbocycles. The van der Waals surface area contributed by atoms with Gasteiger partial charge in [0, 0.05) is 19.1 Å². The monoisotopic (exact) mass is 465 g/mol. The maximum Gasteiger partial charge on any atom is 0.227 e. The molecule has 1 N–H and O–H groups in total. The van der Waals surface area contributed by atoms with Crippen LogP contribution in [0.25, 0.3) is 5.69 Å². The van der Waals surface area contributed by atoms with Crippen molar-refractivity contribution in [2.45, 2.75) is 72.8 Å². The summed E-state index contributed by atoms with van der Waals surface area (Å²) < 4.78 is 14.0. The minimum absolute atomic E-state index is 0.0902. The predicted molar refractivity (Wildman–Crippen MR) is 137 cm³/mol. The van der Waals surface area contributed by atoms with Gasteiger partial charge in [-0.25, -0.2) is 4.68 Å². The fraction of sp³-hybridized carbons (Fsp3) is 0.464. The molecule has 0 bridgehead atoms. The molecule has 34 heavy (non-hydrogen) atoms. The molecule has 2 atom stereocenters. The molecule has 1 heterocycles. The zero-order chi connectivity index (χ0) is 24.7. The van der Waals surface area contributed by atoms with Gasteiger partial charge in [0.2, 0.25) is 5.88 Å². The van der Waals surface area contributed by atoms with E-state index in [0.29, 0.717) is 25.6 Å². The summed E-state index contributed by atoms with van der Waals surface area (Å²) in [4.78, 5) is 2.29. The molecule has 6 heteroatoms. The van der Waals surface area contributed by atoms with Gasteiger partial charge in [-0.15, -0.1) is 0 Å². The molecule has 0 radical (unpaired) electrons. The van der Waals surface area contributed by atoms with E-state index in [1.54, 1.807) is 0 Å². The second-order valence-corrected chi connectivity index (χ2v) is 9.26. The molecule has 0 spiro atoms. The van der Waals surface area contributed by atoms with E-state index in [-0.39, 0.29) is 12.1 Å². The van der Waals surface area contributed by atoms with Crippen molar-refractivity contribution >= 4 is 0 Å². The highest BCUT2D eigenvalue weighted by Crippen LogP contribution is 2.32. The van der Waals surface area contributed by atoms with E-state index in [1.165, 1.54) is 0 Å². The maximum atomic E-state index is 10.7. The van der Waals surface area contributed by atoms with E-state index in [9.17, 15) is 5.11 Å². The van der Waals surface area contributed by atoms with Gasteiger partial charge in [0.05, 0.1) is 35.8 Å². The summed E-state index contributed by atoms with van der Waals surface area (Å²) in [5.41, 5.74) is 4.01. The van der Waals surface area contributed by atoms with E-state index >= 15 is 0 Å². The zero-order valence-corrected chi connectivity index (χ0v) is 21.4. The van der Waals surface area contributed by atoms with Crippen LogP contribution in [0, 0.1) is 13.8 Å². The minimum Gasteiger partial charge on any atom is -0.439 e. The molecule has 6 nitrogen and oxygen atoms in total. The Morgan fingerprint density at radius 2 is 1.76 bits per heavy atom. The van der Waals surface area contributed by atoms with E-state index in [0.717, 1.165) is 34.7 Å². The van der Waals surface area contributed by atoms with Crippen molar-refractivity contribution in [1.82, 2.24) is 14.7 Å². The van der Waals surface area contributed by atoms with Crippen molar-refractivity contribution in [1.29, 1.82) is 0 Å². The Labute approximate surface area is 204 Å². The van der Waals surface area contributed by atoms with Crippen molar-refractivity contribution < 1.29 is 14.6 Å². The normalized spacial score (nSPS) is 13.4. The molecular weight excluding hydrogens is 426 g/mol. The minimum atomic E-state index is -0.568. The lowest BCUT2D eigenvalue weighted by Gasteiger charge is -2.30. The lowest BCUT2D eigenvalue weighted by molar-refractivity contribution is -0.0150. The predicted octanol–water partition coefficient (Wildman–Crippen LogP) is 5.67. The molecule has 0 saturated heterocycles. The lowest BCUT2D eigenvalue weighted by Crippen LogP contribution is -2.40. The Morgan fingerprint density at radius 1 is 1.03 bits per heavy atom.